The zero-order chi connectivity index (χ0) is 17.3. The predicted molar refractivity (Wildman–Crippen MR) is 101 cm³/mol. The number of nitrogens with zero attached hydrogens (tertiary/aromatic N) is 2. The number of benzene rings is 2. The van der Waals surface area contributed by atoms with E-state index >= 15 is 0 Å². The first-order valence-corrected chi connectivity index (χ1v) is 8.37. The van der Waals surface area contributed by atoms with Crippen molar-refractivity contribution in [1.82, 2.24) is 9.97 Å². The zero-order valence-electron chi connectivity index (χ0n) is 15.1. The summed E-state index contributed by atoms with van der Waals surface area (Å²) in [6.07, 6.45) is 1.90. The molecule has 0 spiro atoms. The molecule has 0 radical (unpaired) electrons. The van der Waals surface area contributed by atoms with E-state index in [9.17, 15) is 0 Å². The van der Waals surface area contributed by atoms with Crippen LogP contribution in [0.1, 0.15) is 37.6 Å². The van der Waals surface area contributed by atoms with Crippen LogP contribution in [0.2, 0.25) is 0 Å². The van der Waals surface area contributed by atoms with Crippen LogP contribution in [0.3, 0.4) is 0 Å². The van der Waals surface area contributed by atoms with Crippen molar-refractivity contribution in [3.05, 3.63) is 71.5 Å². The van der Waals surface area contributed by atoms with Crippen LogP contribution in [-0.2, 0) is 5.41 Å². The van der Waals surface area contributed by atoms with E-state index in [1.165, 1.54) is 11.1 Å². The molecule has 0 bridgehead atoms. The Morgan fingerprint density at radius 3 is 2.25 bits per heavy atom. The van der Waals surface area contributed by atoms with Crippen molar-refractivity contribution in [3.8, 4) is 22.5 Å². The maximum Gasteiger partial charge on any atom is 0.0923 e. The highest BCUT2D eigenvalue weighted by molar-refractivity contribution is 5.68. The summed E-state index contributed by atoms with van der Waals surface area (Å²) in [7, 11) is 0. The highest BCUT2D eigenvalue weighted by Gasteiger charge is 2.23. The van der Waals surface area contributed by atoms with Gasteiger partial charge in [0, 0.05) is 16.5 Å². The van der Waals surface area contributed by atoms with Gasteiger partial charge in [0.05, 0.1) is 23.3 Å². The molecule has 2 nitrogen and oxygen atoms in total. The van der Waals surface area contributed by atoms with Gasteiger partial charge in [0.2, 0.25) is 0 Å². The Hall–Kier alpha value is -2.48. The molecule has 0 aliphatic heterocycles. The summed E-state index contributed by atoms with van der Waals surface area (Å²) < 4.78 is 0. The molecule has 24 heavy (non-hydrogen) atoms. The molecule has 0 saturated carbocycles. The van der Waals surface area contributed by atoms with Crippen LogP contribution in [0.25, 0.3) is 22.5 Å². The molecule has 2 heteroatoms. The molecule has 0 amide bonds. The SMILES string of the molecule is Cc1ccc(C)c(-c2cnc(-c3ccccc3)c(C(C)(C)C)n2)c1. The lowest BCUT2D eigenvalue weighted by atomic mass is 9.88. The Balaban J connectivity index is 2.21. The molecule has 3 aromatic rings. The normalized spacial score (nSPS) is 11.5. The Kier molecular flexibility index (Phi) is 4.23. The number of rotatable bonds is 2. The summed E-state index contributed by atoms with van der Waals surface area (Å²) in [5, 5.41) is 0. The van der Waals surface area contributed by atoms with E-state index in [4.69, 9.17) is 9.97 Å². The van der Waals surface area contributed by atoms with Crippen LogP contribution >= 0.6 is 0 Å². The smallest absolute Gasteiger partial charge is 0.0923 e. The summed E-state index contributed by atoms with van der Waals surface area (Å²) >= 11 is 0. The van der Waals surface area contributed by atoms with Gasteiger partial charge < -0.3 is 0 Å². The van der Waals surface area contributed by atoms with Gasteiger partial charge in [0.25, 0.3) is 0 Å². The Morgan fingerprint density at radius 1 is 0.875 bits per heavy atom. The van der Waals surface area contributed by atoms with E-state index in [0.717, 1.165) is 28.2 Å². The monoisotopic (exact) mass is 316 g/mol. The first-order chi connectivity index (χ1) is 11.4. The molecule has 1 heterocycles. The first-order valence-electron chi connectivity index (χ1n) is 8.37. The summed E-state index contributed by atoms with van der Waals surface area (Å²) in [6.45, 7) is 10.8. The number of aryl methyl sites for hydroxylation is 2. The first kappa shape index (κ1) is 16.4. The zero-order valence-corrected chi connectivity index (χ0v) is 15.1. The lowest BCUT2D eigenvalue weighted by Gasteiger charge is -2.22. The molecule has 2 aromatic carbocycles. The second kappa shape index (κ2) is 6.20. The van der Waals surface area contributed by atoms with E-state index in [2.05, 4.69) is 65.0 Å². The summed E-state index contributed by atoms with van der Waals surface area (Å²) in [4.78, 5) is 9.83. The van der Waals surface area contributed by atoms with Crippen molar-refractivity contribution in [1.29, 1.82) is 0 Å². The molecule has 0 aliphatic rings. The molecule has 0 unspecified atom stereocenters. The van der Waals surface area contributed by atoms with Gasteiger partial charge in [0.15, 0.2) is 0 Å². The molecule has 3 rings (SSSR count). The Morgan fingerprint density at radius 2 is 1.58 bits per heavy atom. The fourth-order valence-corrected chi connectivity index (χ4v) is 2.86. The van der Waals surface area contributed by atoms with E-state index in [1.54, 1.807) is 0 Å². The van der Waals surface area contributed by atoms with Gasteiger partial charge in [-0.15, -0.1) is 0 Å². The van der Waals surface area contributed by atoms with E-state index in [0.29, 0.717) is 0 Å². The van der Waals surface area contributed by atoms with Gasteiger partial charge in [-0.1, -0.05) is 68.8 Å². The quantitative estimate of drug-likeness (QED) is 0.604. The standard InChI is InChI=1S/C22H24N2/c1-15-11-12-16(2)18(13-15)19-14-23-20(17-9-7-6-8-10-17)21(24-19)22(3,4)5/h6-14H,1-5H3. The fourth-order valence-electron chi connectivity index (χ4n) is 2.86. The Labute approximate surface area is 144 Å². The molecule has 1 aromatic heterocycles. The highest BCUT2D eigenvalue weighted by atomic mass is 14.8. The van der Waals surface area contributed by atoms with E-state index < -0.39 is 0 Å². The minimum absolute atomic E-state index is 0.0775. The third kappa shape index (κ3) is 3.23. The molecule has 0 saturated heterocycles. The fraction of sp³-hybridized carbons (Fsp3) is 0.273. The van der Waals surface area contributed by atoms with Gasteiger partial charge in [-0.25, -0.2) is 4.98 Å². The number of hydrogen-bond acceptors (Lipinski definition) is 2. The van der Waals surface area contributed by atoms with Crippen LogP contribution in [-0.4, -0.2) is 9.97 Å². The van der Waals surface area contributed by atoms with Gasteiger partial charge >= 0.3 is 0 Å². The Bertz CT molecular complexity index is 859. The number of hydrogen-bond donors (Lipinski definition) is 0. The van der Waals surface area contributed by atoms with Crippen molar-refractivity contribution in [2.75, 3.05) is 0 Å². The second-order valence-corrected chi connectivity index (χ2v) is 7.39. The highest BCUT2D eigenvalue weighted by Crippen LogP contribution is 2.32. The topological polar surface area (TPSA) is 25.8 Å². The maximum absolute atomic E-state index is 5.03. The maximum atomic E-state index is 5.03. The van der Waals surface area contributed by atoms with Crippen molar-refractivity contribution < 1.29 is 0 Å². The van der Waals surface area contributed by atoms with E-state index in [1.807, 2.05) is 24.4 Å². The lowest BCUT2D eigenvalue weighted by Crippen LogP contribution is -2.17. The molecule has 0 atom stereocenters. The molecule has 122 valence electrons. The van der Waals surface area contributed by atoms with Crippen molar-refractivity contribution in [2.24, 2.45) is 0 Å². The molecular weight excluding hydrogens is 292 g/mol. The largest absolute Gasteiger partial charge is 0.252 e. The minimum Gasteiger partial charge on any atom is -0.252 e. The van der Waals surface area contributed by atoms with Crippen molar-refractivity contribution in [3.63, 3.8) is 0 Å². The van der Waals surface area contributed by atoms with Crippen LogP contribution in [0.15, 0.2) is 54.7 Å². The van der Waals surface area contributed by atoms with Crippen molar-refractivity contribution in [2.45, 2.75) is 40.0 Å². The molecule has 0 aliphatic carbocycles. The van der Waals surface area contributed by atoms with Gasteiger partial charge in [-0.3, -0.25) is 4.98 Å². The summed E-state index contributed by atoms with van der Waals surface area (Å²) in [5.41, 5.74) is 7.61. The molecule has 0 fully saturated rings. The van der Waals surface area contributed by atoms with E-state index in [-0.39, 0.29) is 5.41 Å². The lowest BCUT2D eigenvalue weighted by molar-refractivity contribution is 0.568. The molecule has 0 N–H and O–H groups in total. The van der Waals surface area contributed by atoms with Crippen LogP contribution in [0.5, 0.6) is 0 Å². The predicted octanol–water partition coefficient (Wildman–Crippen LogP) is 5.72. The molecular formula is C22H24N2. The van der Waals surface area contributed by atoms with Crippen molar-refractivity contribution >= 4 is 0 Å². The van der Waals surface area contributed by atoms with Crippen LogP contribution < -0.4 is 0 Å². The third-order valence-corrected chi connectivity index (χ3v) is 4.20. The minimum atomic E-state index is -0.0775. The number of aromatic nitrogens is 2. The van der Waals surface area contributed by atoms with Gasteiger partial charge in [-0.2, -0.15) is 0 Å². The summed E-state index contributed by atoms with van der Waals surface area (Å²) in [6, 6.07) is 16.8. The van der Waals surface area contributed by atoms with Gasteiger partial charge in [0.1, 0.15) is 0 Å². The van der Waals surface area contributed by atoms with Crippen LogP contribution in [0.4, 0.5) is 0 Å². The van der Waals surface area contributed by atoms with Gasteiger partial charge in [-0.05, 0) is 25.5 Å². The second-order valence-electron chi connectivity index (χ2n) is 7.39. The summed E-state index contributed by atoms with van der Waals surface area (Å²) in [5.74, 6) is 0. The van der Waals surface area contributed by atoms with Crippen LogP contribution in [0, 0.1) is 13.8 Å². The third-order valence-electron chi connectivity index (χ3n) is 4.20. The average molecular weight is 316 g/mol. The average Bonchev–Trinajstić information content (AvgIpc) is 2.56.